The van der Waals surface area contributed by atoms with Crippen LogP contribution < -0.4 is 21.3 Å². The Balaban J connectivity index is 2.21. The van der Waals surface area contributed by atoms with Crippen LogP contribution in [-0.4, -0.2) is 46.4 Å². The Labute approximate surface area is 266 Å². The van der Waals surface area contributed by atoms with Gasteiger partial charge in [-0.3, -0.25) is 0 Å². The first-order valence-corrected chi connectivity index (χ1v) is 16.9. The van der Waals surface area contributed by atoms with Crippen molar-refractivity contribution in [3.8, 4) is 0 Å². The Kier molecular flexibility index (Phi) is 18.3. The zero-order chi connectivity index (χ0) is 30.9. The summed E-state index contributed by atoms with van der Waals surface area (Å²) in [4.78, 5) is 2.23. The van der Waals surface area contributed by atoms with Crippen LogP contribution >= 0.6 is 36.0 Å². The number of nitrogens with one attached hydrogen (secondary N) is 4. The van der Waals surface area contributed by atoms with Crippen molar-refractivity contribution < 1.29 is 0 Å². The van der Waals surface area contributed by atoms with E-state index >= 15 is 0 Å². The van der Waals surface area contributed by atoms with Crippen LogP contribution in [0.4, 0.5) is 0 Å². The van der Waals surface area contributed by atoms with Crippen molar-refractivity contribution >= 4 is 36.0 Å². The molecule has 1 heterocycles. The molecule has 0 aliphatic carbocycles. The summed E-state index contributed by atoms with van der Waals surface area (Å²) in [5.41, 5.74) is 6.00. The molecule has 0 aromatic rings. The van der Waals surface area contributed by atoms with Crippen molar-refractivity contribution in [2.45, 2.75) is 102 Å². The molecule has 1 aliphatic rings. The minimum atomic E-state index is 0.0145. The molecular weight excluding hydrogens is 566 g/mol. The summed E-state index contributed by atoms with van der Waals surface area (Å²) in [7, 11) is 0. The lowest BCUT2D eigenvalue weighted by molar-refractivity contribution is 0.434. The number of unbranched alkanes of at least 4 members (excludes halogenated alkanes) is 4. The minimum absolute atomic E-state index is 0.0145. The SMILES string of the molecule is C=C(Cl)CCCCCSCNC(=C)C(C)NC(=C)C(C)NC(=C)C(C)NC(=C)CCCCCN1C(=C)CC(S)C1=C. The molecule has 1 saturated heterocycles. The number of hydrogen-bond acceptors (Lipinski definition) is 7. The van der Waals surface area contributed by atoms with Crippen LogP contribution in [0.2, 0.25) is 0 Å². The maximum Gasteiger partial charge on any atom is 0.0623 e. The van der Waals surface area contributed by atoms with Gasteiger partial charge in [-0.15, -0.1) is 11.8 Å². The number of thioether (sulfide) groups is 1. The molecule has 0 aromatic carbocycles. The van der Waals surface area contributed by atoms with E-state index in [4.69, 9.17) is 11.6 Å². The van der Waals surface area contributed by atoms with Crippen molar-refractivity contribution in [2.75, 3.05) is 18.2 Å². The fourth-order valence-electron chi connectivity index (χ4n) is 4.43. The molecule has 0 bridgehead atoms. The van der Waals surface area contributed by atoms with Gasteiger partial charge in [0.2, 0.25) is 0 Å². The summed E-state index contributed by atoms with van der Waals surface area (Å²) in [6, 6.07) is 0.133. The van der Waals surface area contributed by atoms with Crippen molar-refractivity contribution in [3.05, 3.63) is 85.3 Å². The van der Waals surface area contributed by atoms with E-state index in [1.165, 1.54) is 12.8 Å². The summed E-state index contributed by atoms with van der Waals surface area (Å²) < 4.78 is 0. The smallest absolute Gasteiger partial charge is 0.0623 e. The normalized spacial score (nSPS) is 17.0. The van der Waals surface area contributed by atoms with E-state index in [0.717, 1.165) is 102 Å². The lowest BCUT2D eigenvalue weighted by Gasteiger charge is -2.28. The van der Waals surface area contributed by atoms with Crippen molar-refractivity contribution in [1.82, 2.24) is 26.2 Å². The predicted octanol–water partition coefficient (Wildman–Crippen LogP) is 8.16. The second kappa shape index (κ2) is 20.1. The van der Waals surface area contributed by atoms with Crippen molar-refractivity contribution in [1.29, 1.82) is 0 Å². The van der Waals surface area contributed by atoms with Gasteiger partial charge in [-0.1, -0.05) is 70.5 Å². The second-order valence-corrected chi connectivity index (χ2v) is 13.3. The van der Waals surface area contributed by atoms with Crippen LogP contribution in [0.3, 0.4) is 0 Å². The molecule has 4 unspecified atom stereocenters. The molecular formula is C33H56ClN5S2. The molecule has 232 valence electrons. The summed E-state index contributed by atoms with van der Waals surface area (Å²) in [5, 5.41) is 14.8. The topological polar surface area (TPSA) is 51.4 Å². The summed E-state index contributed by atoms with van der Waals surface area (Å²) in [6.45, 7) is 36.2. The first kappa shape index (κ1) is 37.2. The fourth-order valence-corrected chi connectivity index (χ4v) is 5.76. The second-order valence-electron chi connectivity index (χ2n) is 11.1. The van der Waals surface area contributed by atoms with E-state index < -0.39 is 0 Å². The predicted molar refractivity (Wildman–Crippen MR) is 189 cm³/mol. The molecule has 0 spiro atoms. The van der Waals surface area contributed by atoms with E-state index in [2.05, 4.69) is 106 Å². The van der Waals surface area contributed by atoms with Gasteiger partial charge < -0.3 is 26.2 Å². The number of rotatable bonds is 24. The number of thiol groups is 1. The molecule has 5 nitrogen and oxygen atoms in total. The first-order valence-electron chi connectivity index (χ1n) is 14.8. The Bertz CT molecular complexity index is 931. The monoisotopic (exact) mass is 621 g/mol. The van der Waals surface area contributed by atoms with Gasteiger partial charge in [0, 0.05) is 57.4 Å². The summed E-state index contributed by atoms with van der Waals surface area (Å²) in [6.07, 6.45) is 9.55. The van der Waals surface area contributed by atoms with Crippen LogP contribution in [0.25, 0.3) is 0 Å². The molecule has 0 aromatic heterocycles. The quantitative estimate of drug-likeness (QED) is 0.0426. The highest BCUT2D eigenvalue weighted by Crippen LogP contribution is 2.32. The molecule has 1 rings (SSSR count). The molecule has 0 amide bonds. The van der Waals surface area contributed by atoms with Crippen molar-refractivity contribution in [3.63, 3.8) is 0 Å². The zero-order valence-electron chi connectivity index (χ0n) is 25.9. The van der Waals surface area contributed by atoms with Gasteiger partial charge >= 0.3 is 0 Å². The maximum atomic E-state index is 5.81. The Hall–Kier alpha value is -1.83. The van der Waals surface area contributed by atoms with Crippen LogP contribution in [0, 0.1) is 0 Å². The highest BCUT2D eigenvalue weighted by molar-refractivity contribution is 7.99. The van der Waals surface area contributed by atoms with E-state index in [1.54, 1.807) is 0 Å². The van der Waals surface area contributed by atoms with Gasteiger partial charge in [-0.05, 0) is 65.0 Å². The third-order valence-electron chi connectivity index (χ3n) is 7.33. The molecule has 41 heavy (non-hydrogen) atoms. The van der Waals surface area contributed by atoms with Gasteiger partial charge in [0.1, 0.15) is 0 Å². The molecule has 1 fully saturated rings. The molecule has 1 aliphatic heterocycles. The summed E-state index contributed by atoms with van der Waals surface area (Å²) >= 11 is 12.3. The van der Waals surface area contributed by atoms with Crippen LogP contribution in [0.1, 0.15) is 78.6 Å². The van der Waals surface area contributed by atoms with Crippen LogP contribution in [-0.2, 0) is 0 Å². The average Bonchev–Trinajstić information content (AvgIpc) is 3.14. The molecule has 0 radical (unpaired) electrons. The number of hydrogen-bond donors (Lipinski definition) is 5. The first-order chi connectivity index (χ1) is 19.3. The third-order valence-corrected chi connectivity index (χ3v) is 8.93. The van der Waals surface area contributed by atoms with Gasteiger partial charge in [-0.2, -0.15) is 12.6 Å². The largest absolute Gasteiger partial charge is 0.381 e. The molecule has 0 saturated carbocycles. The lowest BCUT2D eigenvalue weighted by Crippen LogP contribution is -2.42. The number of nitrogens with zero attached hydrogens (tertiary/aromatic N) is 1. The van der Waals surface area contributed by atoms with Crippen LogP contribution in [0.15, 0.2) is 85.3 Å². The molecule has 4 N–H and O–H groups in total. The number of halogens is 1. The Morgan fingerprint density at radius 3 is 2.00 bits per heavy atom. The highest BCUT2D eigenvalue weighted by Gasteiger charge is 2.26. The molecule has 4 atom stereocenters. The van der Waals surface area contributed by atoms with Gasteiger partial charge in [0.25, 0.3) is 0 Å². The van der Waals surface area contributed by atoms with E-state index in [0.29, 0.717) is 0 Å². The van der Waals surface area contributed by atoms with E-state index in [-0.39, 0.29) is 23.4 Å². The van der Waals surface area contributed by atoms with Crippen LogP contribution in [0.5, 0.6) is 0 Å². The average molecular weight is 622 g/mol. The third kappa shape index (κ3) is 15.3. The maximum absolute atomic E-state index is 5.81. The molecule has 8 heteroatoms. The highest BCUT2D eigenvalue weighted by atomic mass is 35.5. The minimum Gasteiger partial charge on any atom is -0.381 e. The van der Waals surface area contributed by atoms with Gasteiger partial charge in [-0.25, -0.2) is 0 Å². The Morgan fingerprint density at radius 1 is 0.854 bits per heavy atom. The lowest BCUT2D eigenvalue weighted by atomic mass is 10.1. The standard InChI is InChI=1S/C33H56ClN5S2/c1-23(34)17-13-12-16-20-41-22-35-26(4)27(5)37-30(8)31(9)38-29(7)28(6)36-24(2)18-14-11-15-19-39-25(3)21-33(40)32(39)10/h27-28,31,33,35-38,40H,1-4,7-8,10-22H2,5-6,9H3. The van der Waals surface area contributed by atoms with Crippen molar-refractivity contribution in [2.24, 2.45) is 0 Å². The number of likely N-dealkylation sites (tertiary alicyclic amines) is 1. The van der Waals surface area contributed by atoms with Gasteiger partial charge in [0.15, 0.2) is 0 Å². The fraction of sp³-hybridized carbons (Fsp3) is 0.576. The zero-order valence-corrected chi connectivity index (χ0v) is 28.4. The Morgan fingerprint density at radius 2 is 1.41 bits per heavy atom. The summed E-state index contributed by atoms with van der Waals surface area (Å²) in [5.74, 6) is 1.96. The van der Waals surface area contributed by atoms with E-state index in [9.17, 15) is 0 Å². The van der Waals surface area contributed by atoms with Gasteiger partial charge in [0.05, 0.1) is 24.0 Å². The number of allylic oxidation sites excluding steroid dienone is 3. The van der Waals surface area contributed by atoms with E-state index in [1.807, 2.05) is 11.8 Å².